The van der Waals surface area contributed by atoms with Crippen LogP contribution >= 0.6 is 0 Å². The molecule has 2 aromatic carbocycles. The van der Waals surface area contributed by atoms with Crippen LogP contribution in [0.15, 0.2) is 53.7 Å². The molecule has 0 unspecified atom stereocenters. The van der Waals surface area contributed by atoms with Gasteiger partial charge in [0.15, 0.2) is 0 Å². The number of carbonyl (C=O) groups excluding carboxylic acids is 2. The van der Waals surface area contributed by atoms with E-state index in [1.165, 1.54) is 0 Å². The van der Waals surface area contributed by atoms with E-state index in [0.717, 1.165) is 27.8 Å². The van der Waals surface area contributed by atoms with E-state index in [9.17, 15) is 9.59 Å². The fourth-order valence-electron chi connectivity index (χ4n) is 5.94. The Bertz CT molecular complexity index is 1100. The first kappa shape index (κ1) is 17.9. The minimum atomic E-state index is -0.229. The molecule has 1 saturated heterocycles. The Morgan fingerprint density at radius 2 is 1.67 bits per heavy atom. The third-order valence-corrected chi connectivity index (χ3v) is 7.24. The zero-order valence-corrected chi connectivity index (χ0v) is 17.1. The van der Waals surface area contributed by atoms with Crippen molar-refractivity contribution >= 4 is 28.8 Å². The fourth-order valence-corrected chi connectivity index (χ4v) is 5.94. The molecule has 7 rings (SSSR count). The van der Waals surface area contributed by atoms with E-state index >= 15 is 0 Å². The third kappa shape index (κ3) is 2.44. The second kappa shape index (κ2) is 6.27. The minimum Gasteiger partial charge on any atom is -0.490 e. The van der Waals surface area contributed by atoms with E-state index < -0.39 is 0 Å². The van der Waals surface area contributed by atoms with E-state index in [2.05, 4.69) is 17.3 Å². The summed E-state index contributed by atoms with van der Waals surface area (Å²) in [5.74, 6) is 1.55. The first-order chi connectivity index (χ1) is 14.5. The van der Waals surface area contributed by atoms with E-state index in [1.807, 2.05) is 50.2 Å². The molecule has 2 bridgehead atoms. The number of fused-ring (bicyclic) bond motifs is 1. The molecule has 6 atom stereocenters. The zero-order chi connectivity index (χ0) is 20.6. The number of hydrazone groups is 1. The molecule has 3 fully saturated rings. The van der Waals surface area contributed by atoms with Crippen LogP contribution in [0.1, 0.15) is 25.8 Å². The number of hydrogen-bond acceptors (Lipinski definition) is 4. The lowest BCUT2D eigenvalue weighted by molar-refractivity contribution is -0.140. The van der Waals surface area contributed by atoms with E-state index in [-0.39, 0.29) is 41.6 Å². The molecule has 5 nitrogen and oxygen atoms in total. The van der Waals surface area contributed by atoms with Crippen molar-refractivity contribution in [1.29, 1.82) is 0 Å². The monoisotopic (exact) mass is 400 g/mol. The number of benzene rings is 2. The van der Waals surface area contributed by atoms with Crippen LogP contribution in [0.5, 0.6) is 5.75 Å². The predicted molar refractivity (Wildman–Crippen MR) is 114 cm³/mol. The maximum Gasteiger partial charge on any atom is 0.254 e. The molecule has 0 N–H and O–H groups in total. The second-order valence-corrected chi connectivity index (χ2v) is 9.25. The fraction of sp³-hybridized carbons (Fsp3) is 0.400. The number of hydrogen-bond donors (Lipinski definition) is 0. The lowest BCUT2D eigenvalue weighted by Gasteiger charge is -2.37. The van der Waals surface area contributed by atoms with Crippen LogP contribution in [-0.4, -0.2) is 29.1 Å². The Kier molecular flexibility index (Phi) is 3.74. The average Bonchev–Trinajstić information content (AvgIpc) is 3.52. The van der Waals surface area contributed by atoms with Crippen molar-refractivity contribution < 1.29 is 14.3 Å². The van der Waals surface area contributed by atoms with Crippen LogP contribution < -0.4 is 4.74 Å². The summed E-state index contributed by atoms with van der Waals surface area (Å²) < 4.78 is 5.99. The number of carbonyl (C=O) groups is 2. The minimum absolute atomic E-state index is 0.00431. The van der Waals surface area contributed by atoms with Crippen molar-refractivity contribution in [3.63, 3.8) is 0 Å². The van der Waals surface area contributed by atoms with Gasteiger partial charge in [-0.15, -0.1) is 0 Å². The quantitative estimate of drug-likeness (QED) is 0.443. The summed E-state index contributed by atoms with van der Waals surface area (Å²) in [7, 11) is 0. The lowest BCUT2D eigenvalue weighted by Crippen LogP contribution is -2.40. The molecule has 0 radical (unpaired) electrons. The average molecular weight is 400 g/mol. The van der Waals surface area contributed by atoms with Gasteiger partial charge in [-0.1, -0.05) is 42.5 Å². The van der Waals surface area contributed by atoms with E-state index in [4.69, 9.17) is 4.74 Å². The van der Waals surface area contributed by atoms with E-state index in [0.29, 0.717) is 17.6 Å². The number of rotatable bonds is 4. The number of allylic oxidation sites excluding steroid dienone is 2. The molecule has 2 saturated carbocycles. The predicted octanol–water partition coefficient (Wildman–Crippen LogP) is 4.01. The smallest absolute Gasteiger partial charge is 0.254 e. The SMILES string of the molecule is CC(C)Oc1ccc2ccccc2c1/C=N\N1C(=O)[C@H]2[C@@H]3C=C[C@@H]([C@H]4C[C@H]34)[C@@H]2C1=O. The summed E-state index contributed by atoms with van der Waals surface area (Å²) >= 11 is 0. The van der Waals surface area contributed by atoms with Gasteiger partial charge in [0, 0.05) is 5.56 Å². The zero-order valence-electron chi connectivity index (χ0n) is 17.1. The van der Waals surface area contributed by atoms with Crippen LogP contribution in [-0.2, 0) is 9.59 Å². The van der Waals surface area contributed by atoms with Gasteiger partial charge in [-0.2, -0.15) is 10.1 Å². The molecule has 152 valence electrons. The normalized spacial score (nSPS) is 33.6. The second-order valence-electron chi connectivity index (χ2n) is 9.25. The first-order valence-electron chi connectivity index (χ1n) is 10.8. The first-order valence-corrected chi connectivity index (χ1v) is 10.8. The van der Waals surface area contributed by atoms with Crippen molar-refractivity contribution in [3.05, 3.63) is 54.1 Å². The lowest BCUT2D eigenvalue weighted by atomic mass is 9.63. The van der Waals surface area contributed by atoms with Crippen molar-refractivity contribution in [1.82, 2.24) is 5.01 Å². The number of nitrogens with zero attached hydrogens (tertiary/aromatic N) is 2. The van der Waals surface area contributed by atoms with Crippen molar-refractivity contribution in [2.45, 2.75) is 26.4 Å². The molecule has 0 spiro atoms. The topological polar surface area (TPSA) is 59.0 Å². The Hall–Kier alpha value is -2.95. The van der Waals surface area contributed by atoms with Crippen LogP contribution in [0, 0.1) is 35.5 Å². The molecular formula is C25H24N2O3. The third-order valence-electron chi connectivity index (χ3n) is 7.24. The highest BCUT2D eigenvalue weighted by Gasteiger charge is 2.67. The highest BCUT2D eigenvalue weighted by Crippen LogP contribution is 2.65. The molecule has 0 aromatic heterocycles. The number of amides is 2. The van der Waals surface area contributed by atoms with Crippen molar-refractivity contribution in [2.75, 3.05) is 0 Å². The highest BCUT2D eigenvalue weighted by atomic mass is 16.5. The molecule has 1 heterocycles. The maximum absolute atomic E-state index is 13.2. The maximum atomic E-state index is 13.2. The van der Waals surface area contributed by atoms with Gasteiger partial charge in [-0.25, -0.2) is 0 Å². The van der Waals surface area contributed by atoms with Gasteiger partial charge >= 0.3 is 0 Å². The summed E-state index contributed by atoms with van der Waals surface area (Å²) in [6.07, 6.45) is 7.15. The summed E-state index contributed by atoms with van der Waals surface area (Å²) in [4.78, 5) is 26.4. The molecule has 1 aliphatic heterocycles. The summed E-state index contributed by atoms with van der Waals surface area (Å²) in [6, 6.07) is 11.9. The van der Waals surface area contributed by atoms with Crippen molar-refractivity contribution in [2.24, 2.45) is 40.6 Å². The number of ether oxygens (including phenoxy) is 1. The molecule has 2 aromatic rings. The molecule has 4 aliphatic carbocycles. The van der Waals surface area contributed by atoms with Crippen LogP contribution in [0.3, 0.4) is 0 Å². The molecule has 2 amide bonds. The Morgan fingerprint density at radius 1 is 1.00 bits per heavy atom. The molecule has 5 aliphatic rings. The van der Waals surface area contributed by atoms with Gasteiger partial charge in [-0.05, 0) is 60.8 Å². The van der Waals surface area contributed by atoms with Crippen LogP contribution in [0.25, 0.3) is 10.8 Å². The molecule has 5 heteroatoms. The largest absolute Gasteiger partial charge is 0.490 e. The number of imide groups is 1. The standard InChI is InChI=1S/C25H24N2O3/c1-13(2)30-21-10-7-14-5-3-4-6-15(14)20(21)12-26-27-24(28)22-16-8-9-17(19-11-18(16)19)23(22)25(27)29/h3-10,12-13,16-19,22-23H,11H2,1-2H3/b26-12-/t16-,17+,18-,19-,22+,23+/m1/s1. The van der Waals surface area contributed by atoms with Gasteiger partial charge in [0.2, 0.25) is 0 Å². The molecule has 30 heavy (non-hydrogen) atoms. The van der Waals surface area contributed by atoms with Crippen LogP contribution in [0.4, 0.5) is 0 Å². The Labute approximate surface area is 175 Å². The van der Waals surface area contributed by atoms with Crippen LogP contribution in [0.2, 0.25) is 0 Å². The summed E-state index contributed by atoms with van der Waals surface area (Å²) in [5.41, 5.74) is 0.793. The van der Waals surface area contributed by atoms with Gasteiger partial charge in [0.25, 0.3) is 11.8 Å². The molecular weight excluding hydrogens is 376 g/mol. The van der Waals surface area contributed by atoms with Gasteiger partial charge < -0.3 is 4.74 Å². The highest BCUT2D eigenvalue weighted by molar-refractivity contribution is 6.08. The summed E-state index contributed by atoms with van der Waals surface area (Å²) in [6.45, 7) is 3.95. The van der Waals surface area contributed by atoms with Crippen molar-refractivity contribution in [3.8, 4) is 5.75 Å². The van der Waals surface area contributed by atoms with Gasteiger partial charge in [0.05, 0.1) is 24.2 Å². The van der Waals surface area contributed by atoms with Gasteiger partial charge in [0.1, 0.15) is 5.75 Å². The van der Waals surface area contributed by atoms with E-state index in [1.54, 1.807) is 6.21 Å². The summed E-state index contributed by atoms with van der Waals surface area (Å²) in [5, 5.41) is 7.61. The van der Waals surface area contributed by atoms with Gasteiger partial charge in [-0.3, -0.25) is 9.59 Å². The Balaban J connectivity index is 1.38. The Morgan fingerprint density at radius 3 is 2.33 bits per heavy atom.